The molecule has 18 heavy (non-hydrogen) atoms. The van der Waals surface area contributed by atoms with Crippen molar-refractivity contribution in [2.75, 3.05) is 25.1 Å². The van der Waals surface area contributed by atoms with Crippen molar-refractivity contribution in [3.05, 3.63) is 18.0 Å². The molecule has 0 aromatic carbocycles. The van der Waals surface area contributed by atoms with Gasteiger partial charge in [-0.15, -0.1) is 0 Å². The minimum Gasteiger partial charge on any atom is -0.493 e. The highest BCUT2D eigenvalue weighted by atomic mass is 16.5. The monoisotopic (exact) mass is 247 g/mol. The van der Waals surface area contributed by atoms with Gasteiger partial charge in [0.15, 0.2) is 5.75 Å². The van der Waals surface area contributed by atoms with Gasteiger partial charge in [-0.1, -0.05) is 0 Å². The number of hydrogen-bond acceptors (Lipinski definition) is 4. The SMILES string of the molecule is COc1cnc(C)cc1N1CCC2CCC(C1)N2. The smallest absolute Gasteiger partial charge is 0.160 e. The van der Waals surface area contributed by atoms with Crippen molar-refractivity contribution < 1.29 is 4.74 Å². The first-order chi connectivity index (χ1) is 8.76. The Morgan fingerprint density at radius 2 is 2.17 bits per heavy atom. The van der Waals surface area contributed by atoms with Gasteiger partial charge >= 0.3 is 0 Å². The lowest BCUT2D eigenvalue weighted by molar-refractivity contribution is 0.411. The number of methoxy groups -OCH3 is 1. The summed E-state index contributed by atoms with van der Waals surface area (Å²) in [5.41, 5.74) is 2.24. The van der Waals surface area contributed by atoms with Crippen molar-refractivity contribution in [3.63, 3.8) is 0 Å². The highest BCUT2D eigenvalue weighted by molar-refractivity contribution is 5.58. The van der Waals surface area contributed by atoms with E-state index in [1.165, 1.54) is 24.9 Å². The topological polar surface area (TPSA) is 37.4 Å². The first-order valence-electron chi connectivity index (χ1n) is 6.78. The fraction of sp³-hybridized carbons (Fsp3) is 0.643. The van der Waals surface area contributed by atoms with Gasteiger partial charge in [-0.3, -0.25) is 4.98 Å². The molecular formula is C14H21N3O. The molecule has 4 heteroatoms. The lowest BCUT2D eigenvalue weighted by Gasteiger charge is -2.27. The van der Waals surface area contributed by atoms with Gasteiger partial charge in [-0.05, 0) is 32.3 Å². The molecule has 1 N–H and O–H groups in total. The van der Waals surface area contributed by atoms with Gasteiger partial charge in [-0.25, -0.2) is 0 Å². The van der Waals surface area contributed by atoms with Crippen LogP contribution in [0.3, 0.4) is 0 Å². The number of ether oxygens (including phenoxy) is 1. The Hall–Kier alpha value is -1.29. The number of aromatic nitrogens is 1. The number of rotatable bonds is 2. The average molecular weight is 247 g/mol. The lowest BCUT2D eigenvalue weighted by atomic mass is 10.1. The number of hydrogen-bond donors (Lipinski definition) is 1. The minimum atomic E-state index is 0.635. The number of pyridine rings is 1. The van der Waals surface area contributed by atoms with Crippen LogP contribution in [-0.4, -0.2) is 37.3 Å². The van der Waals surface area contributed by atoms with Gasteiger partial charge < -0.3 is 15.0 Å². The van der Waals surface area contributed by atoms with Crippen molar-refractivity contribution in [3.8, 4) is 5.75 Å². The average Bonchev–Trinajstić information content (AvgIpc) is 2.69. The molecule has 2 unspecified atom stereocenters. The third-order valence-corrected chi connectivity index (χ3v) is 4.07. The maximum Gasteiger partial charge on any atom is 0.160 e. The van der Waals surface area contributed by atoms with E-state index in [4.69, 9.17) is 4.74 Å². The van der Waals surface area contributed by atoms with E-state index in [2.05, 4.69) is 21.3 Å². The van der Waals surface area contributed by atoms with E-state index in [9.17, 15) is 0 Å². The van der Waals surface area contributed by atoms with E-state index < -0.39 is 0 Å². The number of nitrogens with one attached hydrogen (secondary N) is 1. The molecule has 0 aliphatic carbocycles. The molecule has 4 nitrogen and oxygen atoms in total. The third kappa shape index (κ3) is 2.17. The van der Waals surface area contributed by atoms with Crippen LogP contribution in [0.5, 0.6) is 5.75 Å². The highest BCUT2D eigenvalue weighted by Crippen LogP contribution is 2.31. The first-order valence-corrected chi connectivity index (χ1v) is 6.78. The van der Waals surface area contributed by atoms with Crippen LogP contribution in [-0.2, 0) is 0 Å². The second kappa shape index (κ2) is 4.76. The zero-order valence-electron chi connectivity index (χ0n) is 11.1. The molecular weight excluding hydrogens is 226 g/mol. The zero-order chi connectivity index (χ0) is 12.5. The third-order valence-electron chi connectivity index (χ3n) is 4.07. The molecule has 0 radical (unpaired) electrons. The Kier molecular flexibility index (Phi) is 3.12. The van der Waals surface area contributed by atoms with E-state index in [1.807, 2.05) is 13.1 Å². The summed E-state index contributed by atoms with van der Waals surface area (Å²) in [7, 11) is 1.72. The largest absolute Gasteiger partial charge is 0.493 e. The molecule has 0 saturated carbocycles. The molecule has 2 bridgehead atoms. The summed E-state index contributed by atoms with van der Waals surface area (Å²) >= 11 is 0. The Bertz CT molecular complexity index is 435. The second-order valence-electron chi connectivity index (χ2n) is 5.37. The van der Waals surface area contributed by atoms with Crippen LogP contribution < -0.4 is 15.0 Å². The van der Waals surface area contributed by atoms with E-state index in [1.54, 1.807) is 7.11 Å². The zero-order valence-corrected chi connectivity index (χ0v) is 11.1. The summed E-state index contributed by atoms with van der Waals surface area (Å²) in [6, 6.07) is 3.49. The van der Waals surface area contributed by atoms with Crippen LogP contribution >= 0.6 is 0 Å². The molecule has 2 aliphatic rings. The molecule has 0 amide bonds. The Morgan fingerprint density at radius 1 is 1.33 bits per heavy atom. The van der Waals surface area contributed by atoms with Crippen molar-refractivity contribution in [2.45, 2.75) is 38.3 Å². The standard InChI is InChI=1S/C14H21N3O/c1-10-7-13(14(18-2)8-15-10)17-6-5-11-3-4-12(9-17)16-11/h7-8,11-12,16H,3-6,9H2,1-2H3. The Morgan fingerprint density at radius 3 is 3.00 bits per heavy atom. The van der Waals surface area contributed by atoms with Crippen LogP contribution in [0, 0.1) is 6.92 Å². The maximum absolute atomic E-state index is 5.45. The number of fused-ring (bicyclic) bond motifs is 2. The molecule has 2 atom stereocenters. The Balaban J connectivity index is 1.87. The van der Waals surface area contributed by atoms with Crippen molar-refractivity contribution in [1.29, 1.82) is 0 Å². The summed E-state index contributed by atoms with van der Waals surface area (Å²) in [6.07, 6.45) is 5.70. The molecule has 0 spiro atoms. The molecule has 2 saturated heterocycles. The molecule has 2 aliphatic heterocycles. The van der Waals surface area contributed by atoms with Gasteiger partial charge in [0.05, 0.1) is 19.0 Å². The molecule has 2 fully saturated rings. The van der Waals surface area contributed by atoms with Gasteiger partial charge in [0.25, 0.3) is 0 Å². The lowest BCUT2D eigenvalue weighted by Crippen LogP contribution is -2.35. The van der Waals surface area contributed by atoms with Crippen molar-refractivity contribution >= 4 is 5.69 Å². The predicted octanol–water partition coefficient (Wildman–Crippen LogP) is 1.73. The quantitative estimate of drug-likeness (QED) is 0.863. The fourth-order valence-electron chi connectivity index (χ4n) is 3.10. The van der Waals surface area contributed by atoms with Crippen LogP contribution in [0.25, 0.3) is 0 Å². The maximum atomic E-state index is 5.45. The summed E-state index contributed by atoms with van der Waals surface area (Å²) in [6.45, 7) is 4.22. The van der Waals surface area contributed by atoms with E-state index >= 15 is 0 Å². The summed E-state index contributed by atoms with van der Waals surface area (Å²) < 4.78 is 5.45. The molecule has 3 rings (SSSR count). The van der Waals surface area contributed by atoms with Gasteiger partial charge in [0, 0.05) is 30.9 Å². The fourth-order valence-corrected chi connectivity index (χ4v) is 3.10. The van der Waals surface area contributed by atoms with E-state index in [-0.39, 0.29) is 0 Å². The van der Waals surface area contributed by atoms with E-state index in [0.29, 0.717) is 12.1 Å². The van der Waals surface area contributed by atoms with Crippen LogP contribution in [0.2, 0.25) is 0 Å². The number of aryl methyl sites for hydroxylation is 1. The molecule has 1 aromatic rings. The normalized spacial score (nSPS) is 27.1. The molecule has 3 heterocycles. The minimum absolute atomic E-state index is 0.635. The van der Waals surface area contributed by atoms with Gasteiger partial charge in [0.2, 0.25) is 0 Å². The van der Waals surface area contributed by atoms with Gasteiger partial charge in [-0.2, -0.15) is 0 Å². The molecule has 98 valence electrons. The summed E-state index contributed by atoms with van der Waals surface area (Å²) in [5.74, 6) is 0.887. The van der Waals surface area contributed by atoms with E-state index in [0.717, 1.165) is 24.5 Å². The van der Waals surface area contributed by atoms with Crippen LogP contribution in [0.1, 0.15) is 25.0 Å². The van der Waals surface area contributed by atoms with Crippen molar-refractivity contribution in [1.82, 2.24) is 10.3 Å². The molecule has 1 aromatic heterocycles. The highest BCUT2D eigenvalue weighted by Gasteiger charge is 2.30. The summed E-state index contributed by atoms with van der Waals surface area (Å²) in [5, 5.41) is 3.71. The predicted molar refractivity (Wildman–Crippen MR) is 72.3 cm³/mol. The number of anilines is 1. The summed E-state index contributed by atoms with van der Waals surface area (Å²) in [4.78, 5) is 6.76. The van der Waals surface area contributed by atoms with Gasteiger partial charge in [0.1, 0.15) is 0 Å². The van der Waals surface area contributed by atoms with Crippen molar-refractivity contribution in [2.24, 2.45) is 0 Å². The second-order valence-corrected chi connectivity index (χ2v) is 5.37. The number of nitrogens with zero attached hydrogens (tertiary/aromatic N) is 2. The van der Waals surface area contributed by atoms with Crippen LogP contribution in [0.15, 0.2) is 12.3 Å². The van der Waals surface area contributed by atoms with Crippen LogP contribution in [0.4, 0.5) is 5.69 Å². The first kappa shape index (κ1) is 11.8. The Labute approximate surface area is 108 Å².